The Morgan fingerprint density at radius 2 is 2.12 bits per heavy atom. The van der Waals surface area contributed by atoms with Crippen LogP contribution >= 0.6 is 0 Å². The van der Waals surface area contributed by atoms with Gasteiger partial charge in [-0.05, 0) is 38.7 Å². The quantitative estimate of drug-likeness (QED) is 0.848. The molecule has 1 aromatic rings. The van der Waals surface area contributed by atoms with Crippen LogP contribution in [0.25, 0.3) is 6.08 Å². The molecule has 0 aromatic heterocycles. The van der Waals surface area contributed by atoms with Gasteiger partial charge in [0.05, 0.1) is 7.11 Å². The first-order valence-electron chi connectivity index (χ1n) is 5.78. The molecule has 1 rings (SSSR count). The summed E-state index contributed by atoms with van der Waals surface area (Å²) in [7, 11) is 5.79. The van der Waals surface area contributed by atoms with Crippen molar-refractivity contribution in [1.82, 2.24) is 4.90 Å². The Morgan fingerprint density at radius 1 is 1.41 bits per heavy atom. The van der Waals surface area contributed by atoms with Crippen LogP contribution in [0.3, 0.4) is 0 Å². The second-order valence-corrected chi connectivity index (χ2v) is 4.53. The number of hydrogen-bond acceptors (Lipinski definition) is 3. The van der Waals surface area contributed by atoms with E-state index in [0.29, 0.717) is 0 Å². The fourth-order valence-corrected chi connectivity index (χ4v) is 1.63. The zero-order valence-corrected chi connectivity index (χ0v) is 11.1. The SMILES string of the molecule is COc1ccc(/C=C/C(C)N)cc1CN(C)C. The van der Waals surface area contributed by atoms with Crippen molar-refractivity contribution in [3.63, 3.8) is 0 Å². The predicted molar refractivity (Wildman–Crippen MR) is 73.1 cm³/mol. The average Bonchev–Trinajstić information content (AvgIpc) is 2.25. The van der Waals surface area contributed by atoms with Gasteiger partial charge in [0.2, 0.25) is 0 Å². The van der Waals surface area contributed by atoms with Crippen LogP contribution in [0, 0.1) is 0 Å². The molecule has 2 N–H and O–H groups in total. The number of nitrogens with two attached hydrogens (primary N) is 1. The standard InChI is InChI=1S/C14H22N2O/c1-11(15)5-6-12-7-8-14(17-4)13(9-12)10-16(2)3/h5-9,11H,10,15H2,1-4H3/b6-5+. The Morgan fingerprint density at radius 3 is 2.65 bits per heavy atom. The molecule has 94 valence electrons. The number of benzene rings is 1. The maximum Gasteiger partial charge on any atom is 0.123 e. The summed E-state index contributed by atoms with van der Waals surface area (Å²) in [6, 6.07) is 6.25. The van der Waals surface area contributed by atoms with Gasteiger partial charge in [-0.1, -0.05) is 18.2 Å². The van der Waals surface area contributed by atoms with E-state index < -0.39 is 0 Å². The zero-order chi connectivity index (χ0) is 12.8. The number of methoxy groups -OCH3 is 1. The van der Waals surface area contributed by atoms with Crippen molar-refractivity contribution in [3.05, 3.63) is 35.4 Å². The Labute approximate surface area is 104 Å². The van der Waals surface area contributed by atoms with Crippen LogP contribution in [-0.4, -0.2) is 32.1 Å². The summed E-state index contributed by atoms with van der Waals surface area (Å²) < 4.78 is 5.35. The summed E-state index contributed by atoms with van der Waals surface area (Å²) in [4.78, 5) is 2.12. The minimum atomic E-state index is 0.0781. The summed E-state index contributed by atoms with van der Waals surface area (Å²) in [6.45, 7) is 2.82. The van der Waals surface area contributed by atoms with Gasteiger partial charge in [-0.3, -0.25) is 0 Å². The van der Waals surface area contributed by atoms with Crippen LogP contribution in [0.2, 0.25) is 0 Å². The van der Waals surface area contributed by atoms with Crippen LogP contribution in [-0.2, 0) is 6.54 Å². The summed E-state index contributed by atoms with van der Waals surface area (Å²) in [6.07, 6.45) is 4.03. The molecule has 0 aliphatic rings. The van der Waals surface area contributed by atoms with Gasteiger partial charge in [0.1, 0.15) is 5.75 Å². The van der Waals surface area contributed by atoms with E-state index in [0.717, 1.165) is 17.9 Å². The second-order valence-electron chi connectivity index (χ2n) is 4.53. The minimum absolute atomic E-state index is 0.0781. The first-order chi connectivity index (χ1) is 8.02. The smallest absolute Gasteiger partial charge is 0.123 e. The highest BCUT2D eigenvalue weighted by Crippen LogP contribution is 2.21. The van der Waals surface area contributed by atoms with Gasteiger partial charge in [-0.2, -0.15) is 0 Å². The molecule has 0 aliphatic heterocycles. The highest BCUT2D eigenvalue weighted by molar-refractivity contribution is 5.53. The molecule has 1 atom stereocenters. The van der Waals surface area contributed by atoms with Crippen LogP contribution in [0.5, 0.6) is 5.75 Å². The van der Waals surface area contributed by atoms with Crippen molar-refractivity contribution in [2.24, 2.45) is 5.73 Å². The minimum Gasteiger partial charge on any atom is -0.496 e. The Balaban J connectivity index is 2.96. The van der Waals surface area contributed by atoms with E-state index in [-0.39, 0.29) is 6.04 Å². The molecule has 0 amide bonds. The molecule has 3 heteroatoms. The van der Waals surface area contributed by atoms with E-state index in [9.17, 15) is 0 Å². The summed E-state index contributed by atoms with van der Waals surface area (Å²) >= 11 is 0. The van der Waals surface area contributed by atoms with E-state index in [1.807, 2.05) is 45.3 Å². The van der Waals surface area contributed by atoms with E-state index in [1.165, 1.54) is 5.56 Å². The van der Waals surface area contributed by atoms with Crippen molar-refractivity contribution in [2.75, 3.05) is 21.2 Å². The largest absolute Gasteiger partial charge is 0.496 e. The molecule has 3 nitrogen and oxygen atoms in total. The lowest BCUT2D eigenvalue weighted by molar-refractivity contribution is 0.372. The van der Waals surface area contributed by atoms with Gasteiger partial charge >= 0.3 is 0 Å². The van der Waals surface area contributed by atoms with E-state index in [1.54, 1.807) is 7.11 Å². The predicted octanol–water partition coefficient (Wildman–Crippen LogP) is 2.12. The molecule has 0 saturated heterocycles. The van der Waals surface area contributed by atoms with Crippen molar-refractivity contribution >= 4 is 6.08 Å². The van der Waals surface area contributed by atoms with Gasteiger partial charge in [0.15, 0.2) is 0 Å². The molecule has 0 saturated carbocycles. The molecule has 0 heterocycles. The summed E-state index contributed by atoms with van der Waals surface area (Å²) in [5, 5.41) is 0. The van der Waals surface area contributed by atoms with Crippen LogP contribution < -0.4 is 10.5 Å². The molecular formula is C14H22N2O. The summed E-state index contributed by atoms with van der Waals surface area (Å²) in [5.74, 6) is 0.927. The van der Waals surface area contributed by atoms with E-state index >= 15 is 0 Å². The fraction of sp³-hybridized carbons (Fsp3) is 0.429. The van der Waals surface area contributed by atoms with Crippen molar-refractivity contribution in [3.8, 4) is 5.75 Å². The Bertz CT molecular complexity index is 384. The molecule has 17 heavy (non-hydrogen) atoms. The summed E-state index contributed by atoms with van der Waals surface area (Å²) in [5.41, 5.74) is 8.03. The van der Waals surface area contributed by atoms with Gasteiger partial charge in [-0.15, -0.1) is 0 Å². The molecular weight excluding hydrogens is 212 g/mol. The van der Waals surface area contributed by atoms with E-state index in [4.69, 9.17) is 10.5 Å². The fourth-order valence-electron chi connectivity index (χ4n) is 1.63. The third-order valence-corrected chi connectivity index (χ3v) is 2.38. The lowest BCUT2D eigenvalue weighted by Gasteiger charge is -2.14. The molecule has 0 fully saturated rings. The van der Waals surface area contributed by atoms with Gasteiger partial charge in [0.25, 0.3) is 0 Å². The number of hydrogen-bond donors (Lipinski definition) is 1. The second kappa shape index (κ2) is 6.42. The number of nitrogens with zero attached hydrogens (tertiary/aromatic N) is 1. The maximum atomic E-state index is 5.70. The molecule has 0 aliphatic carbocycles. The molecule has 0 bridgehead atoms. The van der Waals surface area contributed by atoms with Crippen molar-refractivity contribution in [1.29, 1.82) is 0 Å². The van der Waals surface area contributed by atoms with Crippen LogP contribution in [0.4, 0.5) is 0 Å². The molecule has 1 aromatic carbocycles. The average molecular weight is 234 g/mol. The van der Waals surface area contributed by atoms with Crippen LogP contribution in [0.15, 0.2) is 24.3 Å². The number of ether oxygens (including phenoxy) is 1. The first-order valence-corrected chi connectivity index (χ1v) is 5.78. The van der Waals surface area contributed by atoms with Gasteiger partial charge in [-0.25, -0.2) is 0 Å². The number of rotatable bonds is 5. The molecule has 0 radical (unpaired) electrons. The zero-order valence-electron chi connectivity index (χ0n) is 11.1. The maximum absolute atomic E-state index is 5.70. The highest BCUT2D eigenvalue weighted by atomic mass is 16.5. The first kappa shape index (κ1) is 13.7. The van der Waals surface area contributed by atoms with Crippen molar-refractivity contribution < 1.29 is 4.74 Å². The van der Waals surface area contributed by atoms with E-state index in [2.05, 4.69) is 11.0 Å². The molecule has 1 unspecified atom stereocenters. The third kappa shape index (κ3) is 4.59. The monoisotopic (exact) mass is 234 g/mol. The lowest BCUT2D eigenvalue weighted by atomic mass is 10.1. The van der Waals surface area contributed by atoms with Crippen LogP contribution in [0.1, 0.15) is 18.1 Å². The van der Waals surface area contributed by atoms with Gasteiger partial charge in [0, 0.05) is 18.2 Å². The van der Waals surface area contributed by atoms with Gasteiger partial charge < -0.3 is 15.4 Å². The lowest BCUT2D eigenvalue weighted by Crippen LogP contribution is -2.12. The third-order valence-electron chi connectivity index (χ3n) is 2.38. The normalized spacial score (nSPS) is 13.3. The van der Waals surface area contributed by atoms with Crippen molar-refractivity contribution in [2.45, 2.75) is 19.5 Å². The topological polar surface area (TPSA) is 38.5 Å². The Hall–Kier alpha value is -1.32. The molecule has 0 spiro atoms. The Kier molecular flexibility index (Phi) is 5.19. The highest BCUT2D eigenvalue weighted by Gasteiger charge is 2.04.